The Bertz CT molecular complexity index is 734. The number of rotatable bonds is 5. The van der Waals surface area contributed by atoms with E-state index in [1.54, 1.807) is 12.1 Å². The highest BCUT2D eigenvalue weighted by Crippen LogP contribution is 2.30. The molecule has 0 aromatic heterocycles. The van der Waals surface area contributed by atoms with E-state index in [4.69, 9.17) is 9.76 Å². The lowest BCUT2D eigenvalue weighted by molar-refractivity contribution is -0.121. The Morgan fingerprint density at radius 2 is 2.13 bits per heavy atom. The molecule has 1 aromatic carbocycles. The van der Waals surface area contributed by atoms with Crippen LogP contribution in [0.2, 0.25) is 0 Å². The first-order chi connectivity index (χ1) is 10.7. The number of hydrogen-bond donors (Lipinski definition) is 3. The predicted octanol–water partition coefficient (Wildman–Crippen LogP) is -0.741. The van der Waals surface area contributed by atoms with Crippen molar-refractivity contribution in [2.24, 2.45) is 0 Å². The monoisotopic (exact) mass is 341 g/mol. The standard InChI is InChI=1S/C13H16BNO7S/c1-23(20,21)6-5-11(16)15-10-7-8-3-2-4-9(13(17)18)12(8)22-14(10)19/h2-4,10,19H,5-7H2,1H3,(H,15,16)(H,17,18)/t10-/m0/s1. The summed E-state index contributed by atoms with van der Waals surface area (Å²) in [5.41, 5.74) is 0.479. The Balaban J connectivity index is 2.08. The fraction of sp³-hybridized carbons (Fsp3) is 0.385. The van der Waals surface area contributed by atoms with E-state index in [9.17, 15) is 23.0 Å². The second kappa shape index (κ2) is 6.59. The van der Waals surface area contributed by atoms with Crippen LogP contribution in [0.15, 0.2) is 18.2 Å². The lowest BCUT2D eigenvalue weighted by Gasteiger charge is -2.28. The van der Waals surface area contributed by atoms with Gasteiger partial charge in [0.15, 0.2) is 0 Å². The minimum Gasteiger partial charge on any atom is -0.534 e. The van der Waals surface area contributed by atoms with E-state index in [1.807, 2.05) is 0 Å². The van der Waals surface area contributed by atoms with Crippen LogP contribution in [0, 0.1) is 0 Å². The Hall–Kier alpha value is -2.07. The first kappa shape index (κ1) is 17.3. The fourth-order valence-corrected chi connectivity index (χ4v) is 2.83. The normalized spacial score (nSPS) is 17.1. The van der Waals surface area contributed by atoms with E-state index in [-0.39, 0.29) is 29.9 Å². The van der Waals surface area contributed by atoms with Gasteiger partial charge in [0.2, 0.25) is 5.91 Å². The van der Waals surface area contributed by atoms with Crippen molar-refractivity contribution in [2.75, 3.05) is 12.0 Å². The molecule has 124 valence electrons. The lowest BCUT2D eigenvalue weighted by Crippen LogP contribution is -2.53. The van der Waals surface area contributed by atoms with Crippen molar-refractivity contribution in [3.05, 3.63) is 29.3 Å². The van der Waals surface area contributed by atoms with Crippen LogP contribution in [0.3, 0.4) is 0 Å². The summed E-state index contributed by atoms with van der Waals surface area (Å²) >= 11 is 0. The molecule has 1 aliphatic rings. The van der Waals surface area contributed by atoms with Crippen molar-refractivity contribution >= 4 is 28.8 Å². The highest BCUT2D eigenvalue weighted by Gasteiger charge is 2.37. The summed E-state index contributed by atoms with van der Waals surface area (Å²) in [6.45, 7) is 0. The molecule has 0 fully saturated rings. The summed E-state index contributed by atoms with van der Waals surface area (Å²) < 4.78 is 27.3. The maximum Gasteiger partial charge on any atom is 0.547 e. The van der Waals surface area contributed by atoms with Gasteiger partial charge in [-0.2, -0.15) is 0 Å². The molecule has 0 bridgehead atoms. The molecule has 10 heteroatoms. The van der Waals surface area contributed by atoms with Gasteiger partial charge in [-0.25, -0.2) is 13.2 Å². The zero-order chi connectivity index (χ0) is 17.2. The van der Waals surface area contributed by atoms with E-state index in [2.05, 4.69) is 5.32 Å². The summed E-state index contributed by atoms with van der Waals surface area (Å²) in [4.78, 5) is 22.9. The predicted molar refractivity (Wildman–Crippen MR) is 82.0 cm³/mol. The molecule has 0 saturated carbocycles. The second-order valence-corrected chi connectivity index (χ2v) is 7.63. The smallest absolute Gasteiger partial charge is 0.534 e. The minimum absolute atomic E-state index is 0.0663. The van der Waals surface area contributed by atoms with Gasteiger partial charge in [-0.1, -0.05) is 12.1 Å². The summed E-state index contributed by atoms with van der Waals surface area (Å²) in [5.74, 6) is -2.69. The summed E-state index contributed by atoms with van der Waals surface area (Å²) in [6.07, 6.45) is 0.995. The second-order valence-electron chi connectivity index (χ2n) is 5.37. The average Bonchev–Trinajstić information content (AvgIpc) is 2.44. The number of carbonyl (C=O) groups is 2. The third kappa shape index (κ3) is 4.46. The van der Waals surface area contributed by atoms with Gasteiger partial charge in [0.05, 0.1) is 17.3 Å². The molecule has 23 heavy (non-hydrogen) atoms. The molecule has 1 amide bonds. The van der Waals surface area contributed by atoms with Crippen molar-refractivity contribution in [1.82, 2.24) is 5.32 Å². The van der Waals surface area contributed by atoms with E-state index < -0.39 is 34.8 Å². The first-order valence-corrected chi connectivity index (χ1v) is 8.90. The van der Waals surface area contributed by atoms with Crippen molar-refractivity contribution < 1.29 is 32.8 Å². The summed E-state index contributed by atoms with van der Waals surface area (Å²) in [6, 6.07) is 4.55. The van der Waals surface area contributed by atoms with Gasteiger partial charge >= 0.3 is 13.1 Å². The van der Waals surface area contributed by atoms with Gasteiger partial charge in [-0.3, -0.25) is 4.79 Å². The van der Waals surface area contributed by atoms with Gasteiger partial charge in [0.25, 0.3) is 0 Å². The molecule has 2 rings (SSSR count). The summed E-state index contributed by atoms with van der Waals surface area (Å²) in [7, 11) is -4.67. The molecule has 1 aromatic rings. The van der Waals surface area contributed by atoms with Crippen LogP contribution in [0.1, 0.15) is 22.3 Å². The Morgan fingerprint density at radius 1 is 1.43 bits per heavy atom. The molecule has 0 saturated heterocycles. The lowest BCUT2D eigenvalue weighted by atomic mass is 9.72. The molecule has 8 nitrogen and oxygen atoms in total. The number of carbonyl (C=O) groups excluding carboxylic acids is 1. The molecular formula is C13H16BNO7S. The highest BCUT2D eigenvalue weighted by atomic mass is 32.2. The molecular weight excluding hydrogens is 325 g/mol. The molecule has 0 unspecified atom stereocenters. The van der Waals surface area contributed by atoms with Crippen LogP contribution >= 0.6 is 0 Å². The van der Waals surface area contributed by atoms with Gasteiger partial charge < -0.3 is 20.1 Å². The van der Waals surface area contributed by atoms with Gasteiger partial charge in [-0.05, 0) is 18.1 Å². The third-order valence-electron chi connectivity index (χ3n) is 3.40. The zero-order valence-corrected chi connectivity index (χ0v) is 13.2. The molecule has 1 heterocycles. The van der Waals surface area contributed by atoms with Crippen molar-refractivity contribution in [3.63, 3.8) is 0 Å². The first-order valence-electron chi connectivity index (χ1n) is 6.84. The number of benzene rings is 1. The number of para-hydroxylation sites is 1. The number of amides is 1. The van der Waals surface area contributed by atoms with E-state index in [1.165, 1.54) is 6.07 Å². The molecule has 1 atom stereocenters. The van der Waals surface area contributed by atoms with Gasteiger partial charge in [0, 0.05) is 12.7 Å². The minimum atomic E-state index is -3.26. The number of carboxylic acid groups (broad SMARTS) is 1. The van der Waals surface area contributed by atoms with E-state index in [0.717, 1.165) is 6.26 Å². The number of hydrogen-bond acceptors (Lipinski definition) is 6. The summed E-state index contributed by atoms with van der Waals surface area (Å²) in [5, 5.41) is 21.6. The number of aromatic carboxylic acids is 1. The van der Waals surface area contributed by atoms with Crippen molar-refractivity contribution in [2.45, 2.75) is 18.8 Å². The molecule has 1 aliphatic heterocycles. The highest BCUT2D eigenvalue weighted by molar-refractivity contribution is 7.90. The number of sulfone groups is 1. The molecule has 0 radical (unpaired) electrons. The topological polar surface area (TPSA) is 130 Å². The third-order valence-corrected chi connectivity index (χ3v) is 4.34. The largest absolute Gasteiger partial charge is 0.547 e. The zero-order valence-electron chi connectivity index (χ0n) is 12.4. The van der Waals surface area contributed by atoms with Gasteiger partial charge in [0.1, 0.15) is 15.6 Å². The van der Waals surface area contributed by atoms with Crippen LogP contribution in [-0.2, 0) is 21.1 Å². The van der Waals surface area contributed by atoms with Crippen molar-refractivity contribution in [1.29, 1.82) is 0 Å². The Morgan fingerprint density at radius 3 is 2.74 bits per heavy atom. The quantitative estimate of drug-likeness (QED) is 0.601. The number of fused-ring (bicyclic) bond motifs is 1. The number of carboxylic acids is 1. The Labute approximate surface area is 133 Å². The number of nitrogens with one attached hydrogen (secondary N) is 1. The van der Waals surface area contributed by atoms with E-state index >= 15 is 0 Å². The molecule has 3 N–H and O–H groups in total. The van der Waals surface area contributed by atoms with Gasteiger partial charge in [-0.15, -0.1) is 0 Å². The van der Waals surface area contributed by atoms with Crippen LogP contribution in [-0.4, -0.2) is 55.5 Å². The van der Waals surface area contributed by atoms with Crippen LogP contribution in [0.25, 0.3) is 0 Å². The van der Waals surface area contributed by atoms with Crippen LogP contribution in [0.5, 0.6) is 5.75 Å². The van der Waals surface area contributed by atoms with E-state index in [0.29, 0.717) is 5.56 Å². The maximum atomic E-state index is 11.8. The maximum absolute atomic E-state index is 11.8. The molecule has 0 spiro atoms. The van der Waals surface area contributed by atoms with Crippen molar-refractivity contribution in [3.8, 4) is 5.75 Å². The Kier molecular flexibility index (Phi) is 4.95. The van der Waals surface area contributed by atoms with Crippen LogP contribution in [0.4, 0.5) is 0 Å². The average molecular weight is 341 g/mol. The van der Waals surface area contributed by atoms with Crippen LogP contribution < -0.4 is 9.97 Å². The SMILES string of the molecule is CS(=O)(=O)CCC(=O)N[C@H]1Cc2cccc(C(=O)O)c2OB1O. The fourth-order valence-electron chi connectivity index (χ4n) is 2.27. The molecule has 0 aliphatic carbocycles.